The average molecular weight is 365 g/mol. The molecule has 1 aromatic carbocycles. The molecule has 1 aromatic heterocycles. The van der Waals surface area contributed by atoms with Crippen LogP contribution in [0.1, 0.15) is 10.4 Å². The first-order chi connectivity index (χ1) is 11.9. The largest absolute Gasteiger partial charge is 0.439 e. The Kier molecular flexibility index (Phi) is 6.31. The minimum Gasteiger partial charge on any atom is -0.439 e. The summed E-state index contributed by atoms with van der Waals surface area (Å²) in [5, 5.41) is 2.69. The Hall–Kier alpha value is -2.65. The highest BCUT2D eigenvalue weighted by atomic mass is 32.2. The van der Waals surface area contributed by atoms with E-state index in [2.05, 4.69) is 15.0 Å². The van der Waals surface area contributed by atoms with E-state index in [4.69, 9.17) is 9.47 Å². The van der Waals surface area contributed by atoms with E-state index in [9.17, 15) is 13.2 Å². The molecule has 134 valence electrons. The summed E-state index contributed by atoms with van der Waals surface area (Å²) in [5.74, 6) is 0.563. The number of hydrogen-bond donors (Lipinski definition) is 2. The number of benzene rings is 1. The van der Waals surface area contributed by atoms with E-state index in [1.807, 2.05) is 0 Å². The molecule has 9 heteroatoms. The first-order valence-electron chi connectivity index (χ1n) is 7.36. The van der Waals surface area contributed by atoms with Crippen molar-refractivity contribution in [1.82, 2.24) is 10.3 Å². The Balaban J connectivity index is 1.95. The zero-order valence-corrected chi connectivity index (χ0v) is 14.7. The highest BCUT2D eigenvalue weighted by molar-refractivity contribution is 7.92. The van der Waals surface area contributed by atoms with Gasteiger partial charge in [0.25, 0.3) is 5.91 Å². The Bertz CT molecular complexity index is 805. The second kappa shape index (κ2) is 8.45. The molecule has 1 heterocycles. The lowest BCUT2D eigenvalue weighted by Gasteiger charge is -2.08. The molecule has 0 spiro atoms. The zero-order chi connectivity index (χ0) is 18.3. The second-order valence-electron chi connectivity index (χ2n) is 5.13. The molecule has 0 atom stereocenters. The van der Waals surface area contributed by atoms with Crippen LogP contribution in [0, 0.1) is 0 Å². The maximum absolute atomic E-state index is 11.8. The minimum absolute atomic E-state index is 0.243. The summed E-state index contributed by atoms with van der Waals surface area (Å²) < 4.78 is 35.1. The van der Waals surface area contributed by atoms with Crippen LogP contribution >= 0.6 is 0 Å². The lowest BCUT2D eigenvalue weighted by Crippen LogP contribution is -2.26. The molecule has 0 aliphatic heterocycles. The third-order valence-electron chi connectivity index (χ3n) is 2.97. The molecule has 0 fully saturated rings. The van der Waals surface area contributed by atoms with Gasteiger partial charge in [-0.1, -0.05) is 0 Å². The molecule has 0 aliphatic rings. The number of nitrogens with zero attached hydrogens (tertiary/aromatic N) is 1. The predicted molar refractivity (Wildman–Crippen MR) is 93.4 cm³/mol. The fourth-order valence-electron chi connectivity index (χ4n) is 1.87. The predicted octanol–water partition coefficient (Wildman–Crippen LogP) is 1.62. The third kappa shape index (κ3) is 6.40. The van der Waals surface area contributed by atoms with Gasteiger partial charge in [-0.05, 0) is 30.3 Å². The molecular weight excluding hydrogens is 346 g/mol. The first-order valence-corrected chi connectivity index (χ1v) is 9.25. The minimum atomic E-state index is -3.32. The molecule has 25 heavy (non-hydrogen) atoms. The summed E-state index contributed by atoms with van der Waals surface area (Å²) in [6.45, 7) is 0.853. The van der Waals surface area contributed by atoms with Crippen LogP contribution < -0.4 is 14.8 Å². The summed E-state index contributed by atoms with van der Waals surface area (Å²) in [7, 11) is -1.76. The number of carbonyl (C=O) groups excluding carboxylic acids is 1. The van der Waals surface area contributed by atoms with E-state index in [0.29, 0.717) is 36.0 Å². The molecule has 1 amide bonds. The van der Waals surface area contributed by atoms with Crippen LogP contribution in [0.25, 0.3) is 0 Å². The third-order valence-corrected chi connectivity index (χ3v) is 3.58. The number of pyridine rings is 1. The van der Waals surface area contributed by atoms with Gasteiger partial charge in [-0.3, -0.25) is 9.52 Å². The molecule has 0 unspecified atom stereocenters. The van der Waals surface area contributed by atoms with Gasteiger partial charge in [0.05, 0.1) is 18.4 Å². The second-order valence-corrected chi connectivity index (χ2v) is 6.88. The molecule has 2 N–H and O–H groups in total. The highest BCUT2D eigenvalue weighted by Gasteiger charge is 2.07. The number of nitrogens with one attached hydrogen (secondary N) is 2. The van der Waals surface area contributed by atoms with E-state index >= 15 is 0 Å². The van der Waals surface area contributed by atoms with Gasteiger partial charge in [0.15, 0.2) is 0 Å². The molecule has 2 aromatic rings. The van der Waals surface area contributed by atoms with Gasteiger partial charge >= 0.3 is 0 Å². The van der Waals surface area contributed by atoms with Crippen molar-refractivity contribution in [3.05, 3.63) is 48.2 Å². The van der Waals surface area contributed by atoms with E-state index in [0.717, 1.165) is 6.26 Å². The fraction of sp³-hybridized carbons (Fsp3) is 0.250. The molecule has 0 saturated heterocycles. The Morgan fingerprint density at radius 2 is 1.88 bits per heavy atom. The van der Waals surface area contributed by atoms with Crippen molar-refractivity contribution >= 4 is 21.6 Å². The summed E-state index contributed by atoms with van der Waals surface area (Å²) >= 11 is 0. The molecule has 8 nitrogen and oxygen atoms in total. The number of ether oxygens (including phenoxy) is 2. The van der Waals surface area contributed by atoms with Crippen molar-refractivity contribution < 1.29 is 22.7 Å². The highest BCUT2D eigenvalue weighted by Crippen LogP contribution is 2.21. The lowest BCUT2D eigenvalue weighted by atomic mass is 10.2. The van der Waals surface area contributed by atoms with E-state index in [1.165, 1.54) is 6.20 Å². The van der Waals surface area contributed by atoms with Crippen molar-refractivity contribution in [3.8, 4) is 11.6 Å². The number of methoxy groups -OCH3 is 1. The Morgan fingerprint density at radius 3 is 2.44 bits per heavy atom. The normalized spacial score (nSPS) is 11.0. The van der Waals surface area contributed by atoms with Gasteiger partial charge in [0, 0.05) is 31.6 Å². The van der Waals surface area contributed by atoms with Gasteiger partial charge in [0.2, 0.25) is 15.9 Å². The van der Waals surface area contributed by atoms with Gasteiger partial charge in [-0.25, -0.2) is 13.4 Å². The number of hydrogen-bond acceptors (Lipinski definition) is 6. The van der Waals surface area contributed by atoms with Crippen molar-refractivity contribution in [2.45, 2.75) is 0 Å². The topological polar surface area (TPSA) is 107 Å². The Morgan fingerprint density at radius 1 is 1.16 bits per heavy atom. The monoisotopic (exact) mass is 365 g/mol. The van der Waals surface area contributed by atoms with Crippen LogP contribution in [-0.2, 0) is 14.8 Å². The van der Waals surface area contributed by atoms with Crippen molar-refractivity contribution in [2.24, 2.45) is 0 Å². The van der Waals surface area contributed by atoms with Crippen molar-refractivity contribution in [1.29, 1.82) is 0 Å². The number of anilines is 1. The molecule has 0 radical (unpaired) electrons. The number of amides is 1. The quantitative estimate of drug-likeness (QED) is 0.689. The van der Waals surface area contributed by atoms with E-state index in [1.54, 1.807) is 43.5 Å². The number of carbonyl (C=O) groups is 1. The van der Waals surface area contributed by atoms with Crippen molar-refractivity contribution in [3.63, 3.8) is 0 Å². The molecule has 0 saturated carbocycles. The SMILES string of the molecule is COCCNC(=O)c1ccc(Oc2ccc(NS(C)(=O)=O)cc2)nc1. The van der Waals surface area contributed by atoms with Gasteiger partial charge in [-0.2, -0.15) is 0 Å². The van der Waals surface area contributed by atoms with Crippen LogP contribution in [-0.4, -0.2) is 45.8 Å². The molecule has 2 rings (SSSR count). The Labute approximate surface area is 146 Å². The van der Waals surface area contributed by atoms with Crippen LogP contribution in [0.3, 0.4) is 0 Å². The standard InChI is InChI=1S/C16H19N3O5S/c1-23-10-9-17-16(20)12-3-8-15(18-11-12)24-14-6-4-13(5-7-14)19-25(2,21)22/h3-8,11,19H,9-10H2,1-2H3,(H,17,20). The fourth-order valence-corrected chi connectivity index (χ4v) is 2.43. The molecule has 0 aliphatic carbocycles. The number of rotatable bonds is 8. The number of aromatic nitrogens is 1. The maximum atomic E-state index is 11.8. The summed E-state index contributed by atoms with van der Waals surface area (Å²) in [5.41, 5.74) is 0.849. The van der Waals surface area contributed by atoms with E-state index in [-0.39, 0.29) is 5.91 Å². The van der Waals surface area contributed by atoms with Crippen molar-refractivity contribution in [2.75, 3.05) is 31.2 Å². The van der Waals surface area contributed by atoms with Crippen LogP contribution in [0.5, 0.6) is 11.6 Å². The molecule has 0 bridgehead atoms. The summed E-state index contributed by atoms with van der Waals surface area (Å²) in [6, 6.07) is 9.56. The molecular formula is C16H19N3O5S. The average Bonchev–Trinajstić information content (AvgIpc) is 2.56. The van der Waals surface area contributed by atoms with E-state index < -0.39 is 10.0 Å². The van der Waals surface area contributed by atoms with Gasteiger partial charge < -0.3 is 14.8 Å². The zero-order valence-electron chi connectivity index (χ0n) is 13.9. The van der Waals surface area contributed by atoms with Crippen LogP contribution in [0.15, 0.2) is 42.6 Å². The smallest absolute Gasteiger partial charge is 0.252 e. The van der Waals surface area contributed by atoms with Gasteiger partial charge in [-0.15, -0.1) is 0 Å². The number of sulfonamides is 1. The van der Waals surface area contributed by atoms with Gasteiger partial charge in [0.1, 0.15) is 5.75 Å². The lowest BCUT2D eigenvalue weighted by molar-refractivity contribution is 0.0936. The summed E-state index contributed by atoms with van der Waals surface area (Å²) in [6.07, 6.45) is 2.49. The van der Waals surface area contributed by atoms with Crippen LogP contribution in [0.2, 0.25) is 0 Å². The first kappa shape index (κ1) is 18.7. The van der Waals surface area contributed by atoms with Crippen LogP contribution in [0.4, 0.5) is 5.69 Å². The maximum Gasteiger partial charge on any atom is 0.252 e. The summed E-state index contributed by atoms with van der Waals surface area (Å²) in [4.78, 5) is 15.9.